The molecule has 0 aliphatic carbocycles. The highest BCUT2D eigenvalue weighted by atomic mass is 16.5. The van der Waals surface area contributed by atoms with Crippen LogP contribution in [0.4, 0.5) is 0 Å². The topological polar surface area (TPSA) is 82.2 Å². The van der Waals surface area contributed by atoms with Gasteiger partial charge in [-0.15, -0.1) is 0 Å². The second-order valence-corrected chi connectivity index (χ2v) is 7.38. The van der Waals surface area contributed by atoms with E-state index >= 15 is 0 Å². The minimum atomic E-state index is -0.154. The summed E-state index contributed by atoms with van der Waals surface area (Å²) < 4.78 is 12.5. The molecule has 4 rings (SSSR count). The fraction of sp³-hybridized carbons (Fsp3) is 0.208. The van der Waals surface area contributed by atoms with E-state index in [1.54, 1.807) is 11.7 Å². The summed E-state index contributed by atoms with van der Waals surface area (Å²) in [5.74, 6) is 1.52. The third kappa shape index (κ3) is 4.66. The summed E-state index contributed by atoms with van der Waals surface area (Å²) in [7, 11) is 1.62. The van der Waals surface area contributed by atoms with Gasteiger partial charge in [0, 0.05) is 11.8 Å². The van der Waals surface area contributed by atoms with Crippen LogP contribution in [0.25, 0.3) is 23.0 Å². The maximum absolute atomic E-state index is 12.7. The van der Waals surface area contributed by atoms with E-state index in [2.05, 4.69) is 15.5 Å². The molecule has 1 amide bonds. The van der Waals surface area contributed by atoms with Crippen molar-refractivity contribution >= 4 is 5.91 Å². The molecular weight excluding hydrogens is 392 g/mol. The van der Waals surface area contributed by atoms with Crippen molar-refractivity contribution in [1.82, 2.24) is 20.0 Å². The van der Waals surface area contributed by atoms with Crippen LogP contribution in [0, 0.1) is 6.92 Å². The zero-order chi connectivity index (χ0) is 21.8. The molecule has 1 atom stereocenters. The molecule has 2 aromatic heterocycles. The van der Waals surface area contributed by atoms with Gasteiger partial charge >= 0.3 is 0 Å². The van der Waals surface area contributed by atoms with Crippen molar-refractivity contribution < 1.29 is 14.1 Å². The van der Waals surface area contributed by atoms with Gasteiger partial charge in [-0.2, -0.15) is 4.98 Å². The van der Waals surface area contributed by atoms with E-state index in [4.69, 9.17) is 9.26 Å². The quantitative estimate of drug-likeness (QED) is 0.483. The Morgan fingerprint density at radius 3 is 2.74 bits per heavy atom. The Bertz CT molecular complexity index is 1180. The average Bonchev–Trinajstić information content (AvgIpc) is 3.43. The lowest BCUT2D eigenvalue weighted by atomic mass is 10.1. The molecule has 0 unspecified atom stereocenters. The molecule has 0 saturated carbocycles. The van der Waals surface area contributed by atoms with Gasteiger partial charge in [0.15, 0.2) is 0 Å². The third-order valence-electron chi connectivity index (χ3n) is 5.07. The monoisotopic (exact) mass is 416 g/mol. The molecule has 2 aromatic carbocycles. The molecule has 0 radical (unpaired) electrons. The Morgan fingerprint density at radius 1 is 1.16 bits per heavy atom. The van der Waals surface area contributed by atoms with Gasteiger partial charge in [-0.05, 0) is 43.7 Å². The average molecular weight is 416 g/mol. The minimum Gasteiger partial charge on any atom is -0.497 e. The van der Waals surface area contributed by atoms with Crippen LogP contribution in [0.3, 0.4) is 0 Å². The van der Waals surface area contributed by atoms with E-state index in [9.17, 15) is 4.79 Å². The predicted octanol–water partition coefficient (Wildman–Crippen LogP) is 4.40. The van der Waals surface area contributed by atoms with Crippen molar-refractivity contribution in [2.24, 2.45) is 0 Å². The largest absolute Gasteiger partial charge is 0.497 e. The lowest BCUT2D eigenvalue weighted by molar-refractivity contribution is -0.122. The van der Waals surface area contributed by atoms with Crippen LogP contribution in [0.2, 0.25) is 0 Å². The highest BCUT2D eigenvalue weighted by Crippen LogP contribution is 2.23. The highest BCUT2D eigenvalue weighted by molar-refractivity contribution is 5.77. The first-order valence-electron chi connectivity index (χ1n) is 10.0. The number of carbonyl (C=O) groups is 1. The van der Waals surface area contributed by atoms with Crippen molar-refractivity contribution in [3.8, 4) is 28.7 Å². The highest BCUT2D eigenvalue weighted by Gasteiger charge is 2.17. The zero-order valence-electron chi connectivity index (χ0n) is 17.7. The second-order valence-electron chi connectivity index (χ2n) is 7.38. The lowest BCUT2D eigenvalue weighted by Gasteiger charge is -2.16. The van der Waals surface area contributed by atoms with Crippen molar-refractivity contribution in [2.45, 2.75) is 26.4 Å². The molecule has 2 heterocycles. The molecule has 7 heteroatoms. The van der Waals surface area contributed by atoms with Crippen LogP contribution in [-0.4, -0.2) is 27.7 Å². The number of ether oxygens (including phenoxy) is 1. The predicted molar refractivity (Wildman–Crippen MR) is 117 cm³/mol. The standard InChI is InChI=1S/C24H24N4O3/c1-16-9-11-18(12-10-16)23-26-24(31-27-23)21-8-5-13-28(21)15-22(29)25-17(2)19-6-4-7-20(14-19)30-3/h4-14,17H,15H2,1-3H3,(H,25,29)/t17-/m1/s1. The van der Waals surface area contributed by atoms with Crippen LogP contribution >= 0.6 is 0 Å². The maximum atomic E-state index is 12.7. The Hall–Kier alpha value is -3.87. The molecule has 31 heavy (non-hydrogen) atoms. The van der Waals surface area contributed by atoms with Crippen LogP contribution in [0.1, 0.15) is 24.1 Å². The molecule has 1 N–H and O–H groups in total. The maximum Gasteiger partial charge on any atom is 0.274 e. The number of rotatable bonds is 7. The number of aromatic nitrogens is 3. The van der Waals surface area contributed by atoms with Gasteiger partial charge in [0.25, 0.3) is 5.89 Å². The number of methoxy groups -OCH3 is 1. The Labute approximate surface area is 180 Å². The Kier molecular flexibility index (Phi) is 5.84. The molecule has 0 spiro atoms. The SMILES string of the molecule is COc1cccc([C@@H](C)NC(=O)Cn2cccc2-c2nc(-c3ccc(C)cc3)no2)c1. The van der Waals surface area contributed by atoms with Crippen molar-refractivity contribution in [2.75, 3.05) is 7.11 Å². The normalized spacial score (nSPS) is 11.8. The smallest absolute Gasteiger partial charge is 0.274 e. The molecule has 158 valence electrons. The van der Waals surface area contributed by atoms with Crippen LogP contribution in [-0.2, 0) is 11.3 Å². The summed E-state index contributed by atoms with van der Waals surface area (Å²) in [6.07, 6.45) is 1.82. The van der Waals surface area contributed by atoms with Gasteiger partial charge in [0.2, 0.25) is 11.7 Å². The van der Waals surface area contributed by atoms with Gasteiger partial charge in [-0.1, -0.05) is 47.1 Å². The molecule has 0 saturated heterocycles. The first-order chi connectivity index (χ1) is 15.0. The van der Waals surface area contributed by atoms with Crippen molar-refractivity contribution in [3.05, 3.63) is 78.0 Å². The molecular formula is C24H24N4O3. The van der Waals surface area contributed by atoms with Crippen LogP contribution < -0.4 is 10.1 Å². The molecule has 0 aliphatic heterocycles. The van der Waals surface area contributed by atoms with Gasteiger partial charge in [-0.3, -0.25) is 4.79 Å². The number of amides is 1. The molecule has 4 aromatic rings. The van der Waals surface area contributed by atoms with Gasteiger partial charge < -0.3 is 19.1 Å². The fourth-order valence-electron chi connectivity index (χ4n) is 3.33. The summed E-state index contributed by atoms with van der Waals surface area (Å²) in [5.41, 5.74) is 3.70. The number of nitrogens with zero attached hydrogens (tertiary/aromatic N) is 3. The third-order valence-corrected chi connectivity index (χ3v) is 5.07. The lowest BCUT2D eigenvalue weighted by Crippen LogP contribution is -2.30. The van der Waals surface area contributed by atoms with Gasteiger partial charge in [0.1, 0.15) is 18.0 Å². The molecule has 0 bridgehead atoms. The first kappa shape index (κ1) is 20.4. The van der Waals surface area contributed by atoms with Crippen molar-refractivity contribution in [1.29, 1.82) is 0 Å². The Morgan fingerprint density at radius 2 is 1.97 bits per heavy atom. The minimum absolute atomic E-state index is 0.119. The van der Waals surface area contributed by atoms with Crippen LogP contribution in [0.5, 0.6) is 5.75 Å². The van der Waals surface area contributed by atoms with Crippen LogP contribution in [0.15, 0.2) is 71.4 Å². The number of benzene rings is 2. The van der Waals surface area contributed by atoms with E-state index in [1.165, 1.54) is 0 Å². The Balaban J connectivity index is 1.46. The number of hydrogen-bond acceptors (Lipinski definition) is 5. The van der Waals surface area contributed by atoms with E-state index in [1.807, 2.05) is 80.7 Å². The summed E-state index contributed by atoms with van der Waals surface area (Å²) in [6, 6.07) is 19.1. The summed E-state index contributed by atoms with van der Waals surface area (Å²) in [6.45, 7) is 4.10. The number of carbonyl (C=O) groups excluding carboxylic acids is 1. The van der Waals surface area contributed by atoms with Gasteiger partial charge in [0.05, 0.1) is 13.2 Å². The van der Waals surface area contributed by atoms with E-state index < -0.39 is 0 Å². The number of hydrogen-bond donors (Lipinski definition) is 1. The zero-order valence-corrected chi connectivity index (χ0v) is 17.7. The summed E-state index contributed by atoms with van der Waals surface area (Å²) in [4.78, 5) is 17.2. The van der Waals surface area contributed by atoms with Gasteiger partial charge in [-0.25, -0.2) is 0 Å². The number of nitrogens with one attached hydrogen (secondary N) is 1. The van der Waals surface area contributed by atoms with E-state index in [0.717, 1.165) is 22.4 Å². The molecule has 0 fully saturated rings. The number of aryl methyl sites for hydroxylation is 1. The van der Waals surface area contributed by atoms with E-state index in [0.29, 0.717) is 17.4 Å². The van der Waals surface area contributed by atoms with E-state index in [-0.39, 0.29) is 18.5 Å². The molecule has 0 aliphatic rings. The summed E-state index contributed by atoms with van der Waals surface area (Å²) in [5, 5.41) is 7.10. The van der Waals surface area contributed by atoms with Crippen molar-refractivity contribution in [3.63, 3.8) is 0 Å². The molecule has 7 nitrogen and oxygen atoms in total. The second kappa shape index (κ2) is 8.87. The first-order valence-corrected chi connectivity index (χ1v) is 10.0. The fourth-order valence-corrected chi connectivity index (χ4v) is 3.33. The summed E-state index contributed by atoms with van der Waals surface area (Å²) >= 11 is 0.